The second-order valence-corrected chi connectivity index (χ2v) is 5.42. The minimum Gasteiger partial charge on any atom is -0.469 e. The highest BCUT2D eigenvalue weighted by molar-refractivity contribution is 5.75. The molecule has 0 aromatic carbocycles. The molecule has 0 aliphatic heterocycles. The maximum Gasteiger partial charge on any atom is 0.310 e. The lowest BCUT2D eigenvalue weighted by Crippen LogP contribution is -2.21. The lowest BCUT2D eigenvalue weighted by molar-refractivity contribution is -0.149. The van der Waals surface area contributed by atoms with E-state index in [0.29, 0.717) is 6.61 Å². The van der Waals surface area contributed by atoms with E-state index in [1.54, 1.807) is 0 Å². The van der Waals surface area contributed by atoms with Gasteiger partial charge in [-0.2, -0.15) is 0 Å². The first-order chi connectivity index (χ1) is 8.16. The third-order valence-electron chi connectivity index (χ3n) is 2.01. The minimum absolute atomic E-state index is 0.0110. The molecule has 0 saturated carbocycles. The molecule has 0 aromatic heterocycles. The van der Waals surface area contributed by atoms with Crippen molar-refractivity contribution in [2.24, 2.45) is 11.3 Å². The van der Waals surface area contributed by atoms with Gasteiger partial charge in [0.15, 0.2) is 0 Å². The Bertz CT molecular complexity index is 239. The van der Waals surface area contributed by atoms with Crippen LogP contribution in [0.25, 0.3) is 0 Å². The maximum absolute atomic E-state index is 10.8. The molecule has 18 heavy (non-hydrogen) atoms. The third-order valence-corrected chi connectivity index (χ3v) is 2.01. The fourth-order valence-corrected chi connectivity index (χ4v) is 0.790. The number of carbonyl (C=O) groups is 2. The molecule has 0 spiro atoms. The molecule has 0 aliphatic carbocycles. The molecular weight excluding hydrogens is 232 g/mol. The number of carbonyl (C=O) groups excluding carboxylic acids is 2. The predicted octanol–water partition coefficient (Wildman–Crippen LogP) is 3.19. The van der Waals surface area contributed by atoms with Gasteiger partial charge in [0.05, 0.1) is 25.0 Å². The van der Waals surface area contributed by atoms with Crippen molar-refractivity contribution in [3.05, 3.63) is 0 Å². The van der Waals surface area contributed by atoms with Crippen molar-refractivity contribution in [3.63, 3.8) is 0 Å². The zero-order valence-electron chi connectivity index (χ0n) is 12.8. The molecule has 0 saturated heterocycles. The Morgan fingerprint density at radius 3 is 1.89 bits per heavy atom. The van der Waals surface area contributed by atoms with Gasteiger partial charge in [-0.05, 0) is 27.2 Å². The summed E-state index contributed by atoms with van der Waals surface area (Å²) in [4.78, 5) is 21.4. The summed E-state index contributed by atoms with van der Waals surface area (Å²) in [5.41, 5.74) is -0.352. The predicted molar refractivity (Wildman–Crippen MR) is 72.2 cm³/mol. The van der Waals surface area contributed by atoms with E-state index >= 15 is 0 Å². The van der Waals surface area contributed by atoms with E-state index in [1.807, 2.05) is 34.6 Å². The van der Waals surface area contributed by atoms with E-state index in [-0.39, 0.29) is 23.3 Å². The number of hydrogen-bond acceptors (Lipinski definition) is 4. The van der Waals surface area contributed by atoms with Gasteiger partial charge in [-0.25, -0.2) is 0 Å². The molecule has 0 atom stereocenters. The van der Waals surface area contributed by atoms with Crippen molar-refractivity contribution in [2.45, 2.75) is 54.4 Å². The van der Waals surface area contributed by atoms with Crippen molar-refractivity contribution in [3.8, 4) is 0 Å². The lowest BCUT2D eigenvalue weighted by Gasteiger charge is -2.13. The van der Waals surface area contributed by atoms with Crippen LogP contribution < -0.4 is 0 Å². The maximum atomic E-state index is 10.8. The number of rotatable bonds is 4. The Kier molecular flexibility index (Phi) is 10.6. The van der Waals surface area contributed by atoms with Gasteiger partial charge in [0.2, 0.25) is 0 Å². The van der Waals surface area contributed by atoms with Crippen LogP contribution in [0.4, 0.5) is 0 Å². The van der Waals surface area contributed by atoms with Crippen LogP contribution in [-0.4, -0.2) is 25.7 Å². The normalized spacial score (nSPS) is 10.4. The highest BCUT2D eigenvalue weighted by Gasteiger charge is 2.21. The molecule has 0 rings (SSSR count). The summed E-state index contributed by atoms with van der Waals surface area (Å²) in [6, 6.07) is 0. The fraction of sp³-hybridized carbons (Fsp3) is 0.857. The molecule has 4 heteroatoms. The van der Waals surface area contributed by atoms with Gasteiger partial charge in [-0.15, -0.1) is 0 Å². The Morgan fingerprint density at radius 2 is 1.67 bits per heavy atom. The summed E-state index contributed by atoms with van der Waals surface area (Å²) in [6.07, 6.45) is 2.05. The first-order valence-corrected chi connectivity index (χ1v) is 6.41. The second kappa shape index (κ2) is 9.92. The van der Waals surface area contributed by atoms with Crippen molar-refractivity contribution < 1.29 is 19.1 Å². The summed E-state index contributed by atoms with van der Waals surface area (Å²) >= 11 is 0. The summed E-state index contributed by atoms with van der Waals surface area (Å²) in [5, 5.41) is 0. The Hall–Kier alpha value is -1.06. The molecule has 4 nitrogen and oxygen atoms in total. The summed E-state index contributed by atoms with van der Waals surface area (Å²) in [5.74, 6) is -0.247. The van der Waals surface area contributed by atoms with Crippen LogP contribution in [0, 0.1) is 11.3 Å². The Balaban J connectivity index is 0. The third kappa shape index (κ3) is 11.4. The first-order valence-electron chi connectivity index (χ1n) is 6.41. The van der Waals surface area contributed by atoms with Crippen LogP contribution >= 0.6 is 0 Å². The summed E-state index contributed by atoms with van der Waals surface area (Å²) in [6.45, 7) is 11.8. The number of unbranched alkanes of at least 4 members (excludes halogenated alkanes) is 1. The molecule has 0 N–H and O–H groups in total. The second-order valence-electron chi connectivity index (χ2n) is 5.42. The summed E-state index contributed by atoms with van der Waals surface area (Å²) in [7, 11) is 1.40. The van der Waals surface area contributed by atoms with Crippen LogP contribution in [0.15, 0.2) is 0 Å². The Labute approximate surface area is 111 Å². The largest absolute Gasteiger partial charge is 0.469 e. The molecule has 0 radical (unpaired) electrons. The molecule has 0 unspecified atom stereocenters. The van der Waals surface area contributed by atoms with Crippen LogP contribution in [0.1, 0.15) is 54.4 Å². The Morgan fingerprint density at radius 1 is 1.17 bits per heavy atom. The lowest BCUT2D eigenvalue weighted by atomic mass is 9.98. The highest BCUT2D eigenvalue weighted by atomic mass is 16.5. The smallest absolute Gasteiger partial charge is 0.310 e. The number of esters is 2. The van der Waals surface area contributed by atoms with Gasteiger partial charge in [0.25, 0.3) is 0 Å². The highest BCUT2D eigenvalue weighted by Crippen LogP contribution is 2.13. The van der Waals surface area contributed by atoms with E-state index in [0.717, 1.165) is 12.8 Å². The SMILES string of the molecule is CCCCOC(=O)C(C)C.COC(=O)C(C)(C)C. The van der Waals surface area contributed by atoms with Gasteiger partial charge in [-0.3, -0.25) is 9.59 Å². The number of methoxy groups -OCH3 is 1. The molecule has 0 aromatic rings. The molecule has 0 amide bonds. The van der Waals surface area contributed by atoms with E-state index in [9.17, 15) is 9.59 Å². The van der Waals surface area contributed by atoms with Crippen LogP contribution in [0.2, 0.25) is 0 Å². The van der Waals surface area contributed by atoms with Gasteiger partial charge in [-0.1, -0.05) is 27.2 Å². The van der Waals surface area contributed by atoms with E-state index in [1.165, 1.54) is 7.11 Å². The number of hydrogen-bond donors (Lipinski definition) is 0. The van der Waals surface area contributed by atoms with Crippen molar-refractivity contribution >= 4 is 11.9 Å². The fourth-order valence-electron chi connectivity index (χ4n) is 0.790. The molecule has 0 aliphatic rings. The van der Waals surface area contributed by atoms with Crippen molar-refractivity contribution in [1.29, 1.82) is 0 Å². The minimum atomic E-state index is -0.352. The molecule has 0 bridgehead atoms. The zero-order valence-corrected chi connectivity index (χ0v) is 12.8. The average Bonchev–Trinajstić information content (AvgIpc) is 2.27. The van der Waals surface area contributed by atoms with Gasteiger partial charge >= 0.3 is 11.9 Å². The first kappa shape index (κ1) is 19.3. The monoisotopic (exact) mass is 260 g/mol. The van der Waals surface area contributed by atoms with Crippen LogP contribution in [0.5, 0.6) is 0 Å². The zero-order chi connectivity index (χ0) is 14.8. The van der Waals surface area contributed by atoms with Gasteiger partial charge in [0, 0.05) is 0 Å². The van der Waals surface area contributed by atoms with E-state index < -0.39 is 0 Å². The summed E-state index contributed by atoms with van der Waals surface area (Å²) < 4.78 is 9.38. The number of ether oxygens (including phenoxy) is 2. The molecule has 108 valence electrons. The van der Waals surface area contributed by atoms with Crippen molar-refractivity contribution in [1.82, 2.24) is 0 Å². The molecular formula is C14H28O4. The topological polar surface area (TPSA) is 52.6 Å². The van der Waals surface area contributed by atoms with Gasteiger partial charge < -0.3 is 9.47 Å². The molecule has 0 heterocycles. The standard InChI is InChI=1S/C8H16O2.C6H12O2/c1-4-5-6-10-8(9)7(2)3;1-6(2,3)5(7)8-4/h7H,4-6H2,1-3H3;1-4H3. The van der Waals surface area contributed by atoms with Crippen LogP contribution in [-0.2, 0) is 19.1 Å². The average molecular weight is 260 g/mol. The van der Waals surface area contributed by atoms with Gasteiger partial charge in [0.1, 0.15) is 0 Å². The van der Waals surface area contributed by atoms with E-state index in [2.05, 4.69) is 11.7 Å². The van der Waals surface area contributed by atoms with Crippen LogP contribution in [0.3, 0.4) is 0 Å². The quantitative estimate of drug-likeness (QED) is 0.575. The van der Waals surface area contributed by atoms with Crippen molar-refractivity contribution in [2.75, 3.05) is 13.7 Å². The van der Waals surface area contributed by atoms with E-state index in [4.69, 9.17) is 4.74 Å². The molecule has 0 fully saturated rings.